The predicted octanol–water partition coefficient (Wildman–Crippen LogP) is 0.520. The molecule has 0 unspecified atom stereocenters. The van der Waals surface area contributed by atoms with Crippen LogP contribution in [0.3, 0.4) is 0 Å². The van der Waals surface area contributed by atoms with Crippen LogP contribution in [0.5, 0.6) is 11.5 Å². The number of carbonyl (C=O) groups excluding carboxylic acids is 1. The minimum absolute atomic E-state index is 0.0169. The van der Waals surface area contributed by atoms with Crippen molar-refractivity contribution >= 4 is 23.5 Å². The Kier molecular flexibility index (Phi) is 9.62. The van der Waals surface area contributed by atoms with Crippen molar-refractivity contribution in [2.75, 3.05) is 52.4 Å². The average Bonchev–Trinajstić information content (AvgIpc) is 2.67. The van der Waals surface area contributed by atoms with Crippen molar-refractivity contribution in [3.05, 3.63) is 18.2 Å². The van der Waals surface area contributed by atoms with E-state index < -0.39 is 11.9 Å². The minimum atomic E-state index is -1.82. The normalized spacial score (nSPS) is 13.7. The maximum absolute atomic E-state index is 12.0. The molecule has 150 valence electrons. The zero-order valence-corrected chi connectivity index (χ0v) is 15.3. The van der Waals surface area contributed by atoms with E-state index in [-0.39, 0.29) is 5.91 Å². The molecule has 2 rings (SSSR count). The summed E-state index contributed by atoms with van der Waals surface area (Å²) in [6, 6.07) is 5.31. The van der Waals surface area contributed by atoms with Gasteiger partial charge in [0.2, 0.25) is 5.91 Å². The number of anilines is 1. The second-order valence-corrected chi connectivity index (χ2v) is 5.46. The fourth-order valence-electron chi connectivity index (χ4n) is 2.19. The number of morpholine rings is 1. The summed E-state index contributed by atoms with van der Waals surface area (Å²) in [6.07, 6.45) is 0.458. The molecule has 0 spiro atoms. The second-order valence-electron chi connectivity index (χ2n) is 5.46. The Balaban J connectivity index is 0.000000527. The molecule has 0 bridgehead atoms. The van der Waals surface area contributed by atoms with Crippen molar-refractivity contribution in [1.82, 2.24) is 4.90 Å². The molecule has 1 saturated heterocycles. The van der Waals surface area contributed by atoms with Gasteiger partial charge in [-0.2, -0.15) is 0 Å². The summed E-state index contributed by atoms with van der Waals surface area (Å²) in [7, 11) is 3.16. The smallest absolute Gasteiger partial charge is 0.414 e. The van der Waals surface area contributed by atoms with Gasteiger partial charge in [0, 0.05) is 49.9 Å². The largest absolute Gasteiger partial charge is 0.497 e. The molecule has 10 nitrogen and oxygen atoms in total. The van der Waals surface area contributed by atoms with Gasteiger partial charge in [0.25, 0.3) is 0 Å². The molecule has 3 N–H and O–H groups in total. The van der Waals surface area contributed by atoms with Crippen molar-refractivity contribution < 1.29 is 38.8 Å². The maximum atomic E-state index is 12.0. The summed E-state index contributed by atoms with van der Waals surface area (Å²) < 4.78 is 15.6. The van der Waals surface area contributed by atoms with Crippen molar-refractivity contribution in [3.63, 3.8) is 0 Å². The zero-order valence-electron chi connectivity index (χ0n) is 15.3. The first-order valence-electron chi connectivity index (χ1n) is 8.15. The number of carboxylic acid groups (broad SMARTS) is 2. The monoisotopic (exact) mass is 384 g/mol. The first-order valence-corrected chi connectivity index (χ1v) is 8.15. The van der Waals surface area contributed by atoms with E-state index in [1.165, 1.54) is 0 Å². The van der Waals surface area contributed by atoms with Crippen molar-refractivity contribution in [1.29, 1.82) is 0 Å². The summed E-state index contributed by atoms with van der Waals surface area (Å²) in [5, 5.41) is 17.7. The molecule has 1 aliphatic rings. The van der Waals surface area contributed by atoms with Gasteiger partial charge in [-0.25, -0.2) is 9.59 Å². The summed E-state index contributed by atoms with van der Waals surface area (Å²) in [5.41, 5.74) is 0.679. The number of methoxy groups -OCH3 is 2. The Morgan fingerprint density at radius 2 is 1.56 bits per heavy atom. The molecule has 1 heterocycles. The fourth-order valence-corrected chi connectivity index (χ4v) is 2.19. The van der Waals surface area contributed by atoms with Crippen LogP contribution in [0.15, 0.2) is 18.2 Å². The van der Waals surface area contributed by atoms with Gasteiger partial charge in [-0.05, 0) is 0 Å². The molecule has 0 aliphatic carbocycles. The van der Waals surface area contributed by atoms with Gasteiger partial charge in [0.05, 0.1) is 27.4 Å². The van der Waals surface area contributed by atoms with E-state index >= 15 is 0 Å². The van der Waals surface area contributed by atoms with Crippen LogP contribution in [0.2, 0.25) is 0 Å². The third-order valence-corrected chi connectivity index (χ3v) is 3.58. The highest BCUT2D eigenvalue weighted by molar-refractivity contribution is 6.27. The van der Waals surface area contributed by atoms with E-state index in [4.69, 9.17) is 34.0 Å². The molecule has 1 aromatic rings. The highest BCUT2D eigenvalue weighted by Crippen LogP contribution is 2.25. The molecule has 10 heteroatoms. The standard InChI is InChI=1S/C15H22N2O4.C2H2O4/c1-19-13-9-12(10-14(11-13)20-2)16-15(18)3-4-17-5-7-21-8-6-17;3-1(4)2(5)6/h9-11H,3-8H2,1-2H3,(H,16,18);(H,3,4)(H,5,6). The number of nitrogens with zero attached hydrogens (tertiary/aromatic N) is 1. The lowest BCUT2D eigenvalue weighted by Gasteiger charge is -2.26. The number of carbonyl (C=O) groups is 3. The predicted molar refractivity (Wildman–Crippen MR) is 95.3 cm³/mol. The lowest BCUT2D eigenvalue weighted by Crippen LogP contribution is -2.38. The van der Waals surface area contributed by atoms with E-state index in [0.717, 1.165) is 32.8 Å². The number of hydrogen-bond donors (Lipinski definition) is 3. The van der Waals surface area contributed by atoms with Gasteiger partial charge in [-0.3, -0.25) is 9.69 Å². The number of rotatable bonds is 6. The van der Waals surface area contributed by atoms with Crippen LogP contribution in [-0.2, 0) is 19.1 Å². The SMILES string of the molecule is COc1cc(NC(=O)CCN2CCOCC2)cc(OC)c1.O=C(O)C(=O)O. The number of carboxylic acids is 2. The van der Waals surface area contributed by atoms with Gasteiger partial charge in [-0.1, -0.05) is 0 Å². The Labute approximate surface area is 156 Å². The number of nitrogens with one attached hydrogen (secondary N) is 1. The summed E-state index contributed by atoms with van der Waals surface area (Å²) >= 11 is 0. The average molecular weight is 384 g/mol. The van der Waals surface area contributed by atoms with E-state index in [0.29, 0.717) is 23.6 Å². The molecule has 0 saturated carbocycles. The van der Waals surface area contributed by atoms with Crippen molar-refractivity contribution in [2.24, 2.45) is 0 Å². The summed E-state index contributed by atoms with van der Waals surface area (Å²) in [6.45, 7) is 4.01. The molecule has 1 fully saturated rings. The molecule has 0 radical (unpaired) electrons. The Morgan fingerprint density at radius 3 is 2.00 bits per heavy atom. The van der Waals surface area contributed by atoms with Crippen LogP contribution >= 0.6 is 0 Å². The van der Waals surface area contributed by atoms with E-state index in [1.807, 2.05) is 0 Å². The molecule has 0 aromatic heterocycles. The van der Waals surface area contributed by atoms with Gasteiger partial charge >= 0.3 is 11.9 Å². The number of benzene rings is 1. The van der Waals surface area contributed by atoms with Crippen molar-refractivity contribution in [2.45, 2.75) is 6.42 Å². The quantitative estimate of drug-likeness (QED) is 0.600. The molecule has 1 amide bonds. The van der Waals surface area contributed by atoms with Crippen LogP contribution in [-0.4, -0.2) is 80.0 Å². The van der Waals surface area contributed by atoms with Crippen LogP contribution in [0, 0.1) is 0 Å². The zero-order chi connectivity index (χ0) is 20.2. The van der Waals surface area contributed by atoms with Gasteiger partial charge < -0.3 is 29.7 Å². The minimum Gasteiger partial charge on any atom is -0.497 e. The van der Waals surface area contributed by atoms with Crippen LogP contribution in [0.1, 0.15) is 6.42 Å². The van der Waals surface area contributed by atoms with Gasteiger partial charge in [0.15, 0.2) is 0 Å². The summed E-state index contributed by atoms with van der Waals surface area (Å²) in [5.74, 6) is -2.36. The van der Waals surface area contributed by atoms with Gasteiger partial charge in [-0.15, -0.1) is 0 Å². The third-order valence-electron chi connectivity index (χ3n) is 3.58. The molecule has 1 aromatic carbocycles. The fraction of sp³-hybridized carbons (Fsp3) is 0.471. The van der Waals surface area contributed by atoms with E-state index in [9.17, 15) is 4.79 Å². The van der Waals surface area contributed by atoms with Crippen molar-refractivity contribution in [3.8, 4) is 11.5 Å². The second kappa shape index (κ2) is 11.7. The first kappa shape index (κ1) is 22.2. The van der Waals surface area contributed by atoms with Crippen LogP contribution < -0.4 is 14.8 Å². The molecule has 0 atom stereocenters. The Bertz CT molecular complexity index is 610. The molecular weight excluding hydrogens is 360 g/mol. The highest BCUT2D eigenvalue weighted by atomic mass is 16.5. The maximum Gasteiger partial charge on any atom is 0.414 e. The molecule has 1 aliphatic heterocycles. The van der Waals surface area contributed by atoms with Crippen LogP contribution in [0.4, 0.5) is 5.69 Å². The van der Waals surface area contributed by atoms with Crippen LogP contribution in [0.25, 0.3) is 0 Å². The highest BCUT2D eigenvalue weighted by Gasteiger charge is 2.12. The topological polar surface area (TPSA) is 135 Å². The van der Waals surface area contributed by atoms with E-state index in [1.54, 1.807) is 32.4 Å². The number of amides is 1. The Morgan fingerprint density at radius 1 is 1.04 bits per heavy atom. The molecular formula is C17H24N2O8. The summed E-state index contributed by atoms with van der Waals surface area (Å²) in [4.78, 5) is 32.4. The number of ether oxygens (including phenoxy) is 3. The third kappa shape index (κ3) is 8.88. The molecule has 27 heavy (non-hydrogen) atoms. The van der Waals surface area contributed by atoms with Gasteiger partial charge in [0.1, 0.15) is 11.5 Å². The number of hydrogen-bond acceptors (Lipinski definition) is 7. The lowest BCUT2D eigenvalue weighted by atomic mass is 10.2. The Hall–Kier alpha value is -2.85. The van der Waals surface area contributed by atoms with E-state index in [2.05, 4.69) is 10.2 Å². The first-order chi connectivity index (χ1) is 12.8. The number of aliphatic carboxylic acids is 2. The lowest BCUT2D eigenvalue weighted by molar-refractivity contribution is -0.159.